The van der Waals surface area contributed by atoms with E-state index in [1.54, 1.807) is 12.1 Å². The van der Waals surface area contributed by atoms with Crippen LogP contribution in [0.25, 0.3) is 0 Å². The number of benzene rings is 2. The summed E-state index contributed by atoms with van der Waals surface area (Å²) in [7, 11) is 0. The molecule has 2 aromatic rings. The van der Waals surface area contributed by atoms with Crippen molar-refractivity contribution in [1.29, 1.82) is 0 Å². The van der Waals surface area contributed by atoms with E-state index in [0.29, 0.717) is 5.75 Å². The molecule has 3 nitrogen and oxygen atoms in total. The monoisotopic (exact) mass is 385 g/mol. The molecular formula is C19H19ClF3NO2. The van der Waals surface area contributed by atoms with Crippen molar-refractivity contribution >= 4 is 23.2 Å². The summed E-state index contributed by atoms with van der Waals surface area (Å²) < 4.78 is 44.4. The van der Waals surface area contributed by atoms with Crippen LogP contribution in [-0.2, 0) is 11.0 Å². The van der Waals surface area contributed by atoms with Crippen molar-refractivity contribution in [2.45, 2.75) is 39.0 Å². The highest BCUT2D eigenvalue weighted by Crippen LogP contribution is 2.36. The summed E-state index contributed by atoms with van der Waals surface area (Å²) in [5.41, 5.74) is -0.0620. The van der Waals surface area contributed by atoms with Crippen molar-refractivity contribution in [2.75, 3.05) is 5.32 Å². The quantitative estimate of drug-likeness (QED) is 0.697. The maximum absolute atomic E-state index is 12.9. The van der Waals surface area contributed by atoms with Gasteiger partial charge in [0.1, 0.15) is 5.75 Å². The van der Waals surface area contributed by atoms with Gasteiger partial charge >= 0.3 is 6.18 Å². The van der Waals surface area contributed by atoms with Gasteiger partial charge in [0.05, 0.1) is 10.6 Å². The molecule has 0 heterocycles. The molecule has 0 unspecified atom stereocenters. The maximum Gasteiger partial charge on any atom is 0.417 e. The van der Waals surface area contributed by atoms with E-state index in [0.717, 1.165) is 17.7 Å². The third-order valence-electron chi connectivity index (χ3n) is 3.75. The van der Waals surface area contributed by atoms with E-state index in [-0.39, 0.29) is 11.6 Å². The van der Waals surface area contributed by atoms with Gasteiger partial charge in [-0.25, -0.2) is 0 Å². The van der Waals surface area contributed by atoms with Crippen molar-refractivity contribution in [1.82, 2.24) is 0 Å². The largest absolute Gasteiger partial charge is 0.481 e. The molecule has 1 atom stereocenters. The third kappa shape index (κ3) is 4.91. The van der Waals surface area contributed by atoms with Crippen LogP contribution in [0.1, 0.15) is 37.8 Å². The minimum atomic E-state index is -4.60. The molecule has 1 amide bonds. The number of carbonyl (C=O) groups excluding carboxylic acids is 1. The molecule has 0 aromatic heterocycles. The summed E-state index contributed by atoms with van der Waals surface area (Å²) in [6.45, 7) is 5.53. The number of halogens is 4. The molecule has 0 spiro atoms. The van der Waals surface area contributed by atoms with Crippen LogP contribution in [0.2, 0.25) is 5.02 Å². The van der Waals surface area contributed by atoms with Gasteiger partial charge in [-0.15, -0.1) is 0 Å². The Morgan fingerprint density at radius 1 is 1.12 bits per heavy atom. The Labute approximate surface area is 155 Å². The molecule has 0 saturated heterocycles. The molecule has 140 valence electrons. The van der Waals surface area contributed by atoms with Gasteiger partial charge < -0.3 is 10.1 Å². The predicted octanol–water partition coefficient (Wildman–Crippen LogP) is 5.89. The lowest BCUT2D eigenvalue weighted by Gasteiger charge is -2.19. The SMILES string of the molecule is CC(C)c1ccccc1O[C@@H](C)C(=O)Nc1ccc(Cl)c(C(F)(F)F)c1. The Kier molecular flexibility index (Phi) is 6.18. The zero-order valence-corrected chi connectivity index (χ0v) is 15.3. The first-order valence-electron chi connectivity index (χ1n) is 8.02. The summed E-state index contributed by atoms with van der Waals surface area (Å²) in [5, 5.41) is 2.00. The number of alkyl halides is 3. The van der Waals surface area contributed by atoms with Crippen LogP contribution in [0, 0.1) is 0 Å². The molecule has 0 bridgehead atoms. The Morgan fingerprint density at radius 3 is 2.38 bits per heavy atom. The molecule has 1 N–H and O–H groups in total. The molecule has 0 aliphatic rings. The van der Waals surface area contributed by atoms with Gasteiger partial charge in [-0.3, -0.25) is 4.79 Å². The average Bonchev–Trinajstić information content (AvgIpc) is 2.55. The second-order valence-corrected chi connectivity index (χ2v) is 6.54. The standard InChI is InChI=1S/C19H19ClF3NO2/c1-11(2)14-6-4-5-7-17(14)26-12(3)18(25)24-13-8-9-16(20)15(10-13)19(21,22)23/h4-12H,1-3H3,(H,24,25)/t12-/m0/s1. The lowest BCUT2D eigenvalue weighted by atomic mass is 10.0. The van der Waals surface area contributed by atoms with Gasteiger partial charge in [-0.05, 0) is 42.7 Å². The summed E-state index contributed by atoms with van der Waals surface area (Å²) in [6.07, 6.45) is -5.49. The van der Waals surface area contributed by atoms with E-state index in [9.17, 15) is 18.0 Å². The number of hydrogen-bond donors (Lipinski definition) is 1. The minimum Gasteiger partial charge on any atom is -0.481 e. The molecule has 26 heavy (non-hydrogen) atoms. The van der Waals surface area contributed by atoms with Crippen molar-refractivity contribution in [3.8, 4) is 5.75 Å². The second-order valence-electron chi connectivity index (χ2n) is 6.13. The lowest BCUT2D eigenvalue weighted by Crippen LogP contribution is -2.30. The molecular weight excluding hydrogens is 367 g/mol. The van der Waals surface area contributed by atoms with Crippen LogP contribution < -0.4 is 10.1 Å². The molecule has 0 aliphatic heterocycles. The number of carbonyl (C=O) groups is 1. The Bertz CT molecular complexity index is 791. The summed E-state index contributed by atoms with van der Waals surface area (Å²) in [5.74, 6) is 0.211. The van der Waals surface area contributed by atoms with E-state index >= 15 is 0 Å². The predicted molar refractivity (Wildman–Crippen MR) is 95.7 cm³/mol. The van der Waals surface area contributed by atoms with Gasteiger partial charge in [0, 0.05) is 5.69 Å². The first-order chi connectivity index (χ1) is 12.1. The van der Waals surface area contributed by atoms with Crippen molar-refractivity contribution in [3.63, 3.8) is 0 Å². The van der Waals surface area contributed by atoms with Crippen molar-refractivity contribution in [3.05, 3.63) is 58.6 Å². The first kappa shape index (κ1) is 20.1. The Morgan fingerprint density at radius 2 is 1.77 bits per heavy atom. The van der Waals surface area contributed by atoms with Crippen molar-refractivity contribution < 1.29 is 22.7 Å². The zero-order valence-electron chi connectivity index (χ0n) is 14.5. The van der Waals surface area contributed by atoms with Crippen LogP contribution in [-0.4, -0.2) is 12.0 Å². The lowest BCUT2D eigenvalue weighted by molar-refractivity contribution is -0.137. The molecule has 0 aliphatic carbocycles. The molecule has 7 heteroatoms. The summed E-state index contributed by atoms with van der Waals surface area (Å²) in [4.78, 5) is 12.3. The average molecular weight is 386 g/mol. The fourth-order valence-electron chi connectivity index (χ4n) is 2.37. The normalized spacial score (nSPS) is 12.8. The number of nitrogens with one attached hydrogen (secondary N) is 1. The van der Waals surface area contributed by atoms with E-state index in [1.807, 2.05) is 26.0 Å². The number of ether oxygens (including phenoxy) is 1. The third-order valence-corrected chi connectivity index (χ3v) is 4.08. The highest BCUT2D eigenvalue weighted by Gasteiger charge is 2.33. The van der Waals surface area contributed by atoms with Crippen LogP contribution in [0.3, 0.4) is 0 Å². The smallest absolute Gasteiger partial charge is 0.417 e. The summed E-state index contributed by atoms with van der Waals surface area (Å²) in [6, 6.07) is 10.5. The topological polar surface area (TPSA) is 38.3 Å². The van der Waals surface area contributed by atoms with Gasteiger partial charge in [0.15, 0.2) is 6.10 Å². The fourth-order valence-corrected chi connectivity index (χ4v) is 2.60. The second kappa shape index (κ2) is 7.99. The Hall–Kier alpha value is -2.21. The first-order valence-corrected chi connectivity index (χ1v) is 8.40. The highest BCUT2D eigenvalue weighted by atomic mass is 35.5. The van der Waals surface area contributed by atoms with Gasteiger partial charge in [0.25, 0.3) is 5.91 Å². The molecule has 0 saturated carbocycles. The van der Waals surface area contributed by atoms with Crippen LogP contribution in [0.4, 0.5) is 18.9 Å². The van der Waals surface area contributed by atoms with Crippen LogP contribution in [0.5, 0.6) is 5.75 Å². The molecule has 2 aromatic carbocycles. The van der Waals surface area contributed by atoms with Gasteiger partial charge in [-0.2, -0.15) is 13.2 Å². The molecule has 0 fully saturated rings. The molecule has 0 radical (unpaired) electrons. The zero-order chi connectivity index (χ0) is 19.5. The highest BCUT2D eigenvalue weighted by molar-refractivity contribution is 6.31. The Balaban J connectivity index is 2.13. The van der Waals surface area contributed by atoms with E-state index in [1.165, 1.54) is 13.0 Å². The minimum absolute atomic E-state index is 0.000630. The number of para-hydroxylation sites is 1. The maximum atomic E-state index is 12.9. The van der Waals surface area contributed by atoms with E-state index in [4.69, 9.17) is 16.3 Å². The fraction of sp³-hybridized carbons (Fsp3) is 0.316. The van der Waals surface area contributed by atoms with Crippen LogP contribution in [0.15, 0.2) is 42.5 Å². The summed E-state index contributed by atoms with van der Waals surface area (Å²) >= 11 is 5.58. The number of amides is 1. The number of hydrogen-bond acceptors (Lipinski definition) is 2. The number of rotatable bonds is 5. The van der Waals surface area contributed by atoms with E-state index in [2.05, 4.69) is 5.32 Å². The van der Waals surface area contributed by atoms with Crippen LogP contribution >= 0.6 is 11.6 Å². The van der Waals surface area contributed by atoms with E-state index < -0.39 is 28.8 Å². The van der Waals surface area contributed by atoms with Gasteiger partial charge in [-0.1, -0.05) is 43.6 Å². The van der Waals surface area contributed by atoms with Gasteiger partial charge in [0.2, 0.25) is 0 Å². The molecule has 2 rings (SSSR count). The van der Waals surface area contributed by atoms with Crippen molar-refractivity contribution in [2.24, 2.45) is 0 Å². The number of anilines is 1.